The molecule has 0 bridgehead atoms. The highest BCUT2D eigenvalue weighted by Gasteiger charge is 2.29. The molecule has 10 heteroatoms. The van der Waals surface area contributed by atoms with Crippen molar-refractivity contribution >= 4 is 50.5 Å². The number of carbonyl (C=O) groups excluding carboxylic acids is 1. The summed E-state index contributed by atoms with van der Waals surface area (Å²) < 4.78 is 25.7. The Morgan fingerprint density at radius 1 is 1.10 bits per heavy atom. The maximum atomic E-state index is 12.9. The Morgan fingerprint density at radius 3 is 2.63 bits per heavy atom. The molecule has 0 atom stereocenters. The van der Waals surface area contributed by atoms with Crippen molar-refractivity contribution in [2.75, 3.05) is 21.9 Å². The summed E-state index contributed by atoms with van der Waals surface area (Å²) in [4.78, 5) is 21.0. The summed E-state index contributed by atoms with van der Waals surface area (Å²) in [7, 11) is -3.37. The second-order valence-electron chi connectivity index (χ2n) is 6.68. The zero-order valence-electron chi connectivity index (χ0n) is 15.5. The summed E-state index contributed by atoms with van der Waals surface area (Å²) in [6, 6.07) is 11.4. The van der Waals surface area contributed by atoms with E-state index in [4.69, 9.17) is 23.2 Å². The van der Waals surface area contributed by atoms with Crippen LogP contribution in [0.5, 0.6) is 0 Å². The molecule has 1 aliphatic rings. The van der Waals surface area contributed by atoms with Gasteiger partial charge in [-0.1, -0.05) is 23.2 Å². The minimum Gasteiger partial charge on any atom is -0.322 e. The maximum Gasteiger partial charge on any atom is 0.257 e. The Kier molecular flexibility index (Phi) is 5.64. The Balaban J connectivity index is 1.63. The molecule has 1 aromatic heterocycles. The van der Waals surface area contributed by atoms with Gasteiger partial charge in [0.05, 0.1) is 27.7 Å². The molecule has 1 saturated heterocycles. The molecule has 1 fully saturated rings. The fraction of sp³-hybridized carbons (Fsp3) is 0.150. The number of hydrogen-bond donors (Lipinski definition) is 1. The smallest absolute Gasteiger partial charge is 0.257 e. The molecule has 3 aromatic rings. The number of carbonyl (C=O) groups is 1. The lowest BCUT2D eigenvalue weighted by Crippen LogP contribution is -2.25. The minimum absolute atomic E-state index is 0.0888. The van der Waals surface area contributed by atoms with Gasteiger partial charge in [0, 0.05) is 29.0 Å². The van der Waals surface area contributed by atoms with Crippen LogP contribution in [0.3, 0.4) is 0 Å². The van der Waals surface area contributed by atoms with Crippen LogP contribution in [-0.2, 0) is 10.0 Å². The van der Waals surface area contributed by atoms with Gasteiger partial charge in [0.2, 0.25) is 10.0 Å². The van der Waals surface area contributed by atoms with Gasteiger partial charge in [0.25, 0.3) is 5.91 Å². The Labute approximate surface area is 183 Å². The van der Waals surface area contributed by atoms with E-state index in [0.29, 0.717) is 40.6 Å². The SMILES string of the molecule is O=C(Nc1cc(Cl)cc(-c2ccncn2)c1)c1cc(N2CCCS2(=O)=O)ccc1Cl. The molecule has 0 saturated carbocycles. The quantitative estimate of drug-likeness (QED) is 0.625. The second kappa shape index (κ2) is 8.22. The third kappa shape index (κ3) is 4.26. The summed E-state index contributed by atoms with van der Waals surface area (Å²) in [5.74, 6) is -0.389. The number of nitrogens with one attached hydrogen (secondary N) is 1. The standard InChI is InChI=1S/C20H16Cl2N4O3S/c21-14-8-13(19-4-5-23-12-24-19)9-15(10-14)25-20(27)17-11-16(2-3-18(17)22)26-6-1-7-30(26,28)29/h2-5,8-12H,1,6-7H2,(H,25,27). The number of nitrogens with zero attached hydrogens (tertiary/aromatic N) is 3. The normalized spacial score (nSPS) is 15.2. The van der Waals surface area contributed by atoms with Crippen LogP contribution in [-0.4, -0.2) is 36.6 Å². The molecule has 0 radical (unpaired) electrons. The summed E-state index contributed by atoms with van der Waals surface area (Å²) in [6.07, 6.45) is 3.58. The zero-order valence-corrected chi connectivity index (χ0v) is 17.9. The lowest BCUT2D eigenvalue weighted by atomic mass is 10.1. The van der Waals surface area contributed by atoms with Crippen molar-refractivity contribution in [2.45, 2.75) is 6.42 Å². The van der Waals surface area contributed by atoms with Crippen molar-refractivity contribution in [1.29, 1.82) is 0 Å². The van der Waals surface area contributed by atoms with Crippen molar-refractivity contribution in [3.05, 3.63) is 70.6 Å². The lowest BCUT2D eigenvalue weighted by molar-refractivity contribution is 0.102. The number of halogens is 2. The number of hydrogen-bond acceptors (Lipinski definition) is 5. The van der Waals surface area contributed by atoms with Gasteiger partial charge in [-0.3, -0.25) is 9.10 Å². The number of benzene rings is 2. The first-order chi connectivity index (χ1) is 14.3. The summed E-state index contributed by atoms with van der Waals surface area (Å²) >= 11 is 12.4. The molecule has 2 aromatic carbocycles. The van der Waals surface area contributed by atoms with Crippen LogP contribution in [0.4, 0.5) is 11.4 Å². The highest BCUT2D eigenvalue weighted by molar-refractivity contribution is 7.93. The Bertz CT molecular complexity index is 1220. The van der Waals surface area contributed by atoms with Crippen molar-refractivity contribution in [1.82, 2.24) is 9.97 Å². The van der Waals surface area contributed by atoms with Crippen LogP contribution < -0.4 is 9.62 Å². The first-order valence-electron chi connectivity index (χ1n) is 9.02. The molecule has 154 valence electrons. The molecule has 4 rings (SSSR count). The van der Waals surface area contributed by atoms with Gasteiger partial charge in [-0.2, -0.15) is 0 Å². The third-order valence-electron chi connectivity index (χ3n) is 4.62. The van der Waals surface area contributed by atoms with Gasteiger partial charge in [0.1, 0.15) is 6.33 Å². The van der Waals surface area contributed by atoms with Crippen molar-refractivity contribution in [3.8, 4) is 11.3 Å². The van der Waals surface area contributed by atoms with Crippen LogP contribution in [0.25, 0.3) is 11.3 Å². The van der Waals surface area contributed by atoms with Gasteiger partial charge >= 0.3 is 0 Å². The van der Waals surface area contributed by atoms with Crippen LogP contribution >= 0.6 is 23.2 Å². The maximum absolute atomic E-state index is 12.9. The monoisotopic (exact) mass is 462 g/mol. The Hall–Kier alpha value is -2.68. The molecular formula is C20H16Cl2N4O3S. The number of anilines is 2. The highest BCUT2D eigenvalue weighted by Crippen LogP contribution is 2.30. The van der Waals surface area contributed by atoms with Gasteiger partial charge in [-0.15, -0.1) is 0 Å². The van der Waals surface area contributed by atoms with Crippen LogP contribution in [0, 0.1) is 0 Å². The van der Waals surface area contributed by atoms with Gasteiger partial charge in [-0.25, -0.2) is 18.4 Å². The highest BCUT2D eigenvalue weighted by atomic mass is 35.5. The molecule has 7 nitrogen and oxygen atoms in total. The van der Waals surface area contributed by atoms with Crippen molar-refractivity contribution in [2.24, 2.45) is 0 Å². The number of sulfonamides is 1. The summed E-state index contributed by atoms with van der Waals surface area (Å²) in [5.41, 5.74) is 2.40. The van der Waals surface area contributed by atoms with Crippen LogP contribution in [0.1, 0.15) is 16.8 Å². The third-order valence-corrected chi connectivity index (χ3v) is 7.03. The van der Waals surface area contributed by atoms with E-state index in [1.165, 1.54) is 22.8 Å². The average molecular weight is 463 g/mol. The van der Waals surface area contributed by atoms with Gasteiger partial charge < -0.3 is 5.32 Å². The second-order valence-corrected chi connectivity index (χ2v) is 9.54. The lowest BCUT2D eigenvalue weighted by Gasteiger charge is -2.18. The number of amides is 1. The molecule has 0 spiro atoms. The predicted octanol–water partition coefficient (Wildman–Crippen LogP) is 4.24. The minimum atomic E-state index is -3.37. The van der Waals surface area contributed by atoms with Crippen LogP contribution in [0.15, 0.2) is 55.0 Å². The van der Waals surface area contributed by atoms with Crippen molar-refractivity contribution < 1.29 is 13.2 Å². The fourth-order valence-corrected chi connectivity index (χ4v) is 5.24. The average Bonchev–Trinajstić information content (AvgIpc) is 3.07. The topological polar surface area (TPSA) is 92.3 Å². The molecule has 1 aliphatic heterocycles. The molecular weight excluding hydrogens is 447 g/mol. The Morgan fingerprint density at radius 2 is 1.93 bits per heavy atom. The molecule has 1 N–H and O–H groups in total. The van der Waals surface area contributed by atoms with E-state index in [0.717, 1.165) is 0 Å². The van der Waals surface area contributed by atoms with Crippen LogP contribution in [0.2, 0.25) is 10.0 Å². The molecule has 2 heterocycles. The molecule has 0 aliphatic carbocycles. The van der Waals surface area contributed by atoms with E-state index in [2.05, 4.69) is 15.3 Å². The first-order valence-corrected chi connectivity index (χ1v) is 11.4. The number of rotatable bonds is 4. The zero-order chi connectivity index (χ0) is 21.3. The van der Waals surface area contributed by atoms with Gasteiger partial charge in [0.15, 0.2) is 0 Å². The molecule has 0 unspecified atom stereocenters. The summed E-state index contributed by atoms with van der Waals surface area (Å²) in [6.45, 7) is 0.377. The summed E-state index contributed by atoms with van der Waals surface area (Å²) in [5, 5.41) is 3.40. The van der Waals surface area contributed by atoms with E-state index in [1.54, 1.807) is 36.5 Å². The van der Waals surface area contributed by atoms with Gasteiger partial charge in [-0.05, 0) is 48.9 Å². The van der Waals surface area contributed by atoms with E-state index < -0.39 is 15.9 Å². The molecule has 1 amide bonds. The fourth-order valence-electron chi connectivity index (χ4n) is 3.24. The largest absolute Gasteiger partial charge is 0.322 e. The van der Waals surface area contributed by atoms with E-state index in [1.807, 2.05) is 0 Å². The van der Waals surface area contributed by atoms with E-state index in [-0.39, 0.29) is 16.3 Å². The van der Waals surface area contributed by atoms with E-state index in [9.17, 15) is 13.2 Å². The van der Waals surface area contributed by atoms with E-state index >= 15 is 0 Å². The predicted molar refractivity (Wildman–Crippen MR) is 118 cm³/mol. The van der Waals surface area contributed by atoms with Crippen molar-refractivity contribution in [3.63, 3.8) is 0 Å². The number of aromatic nitrogens is 2. The first kappa shape index (κ1) is 20.6. The molecule has 30 heavy (non-hydrogen) atoms.